The molecule has 1 heterocycles. The van der Waals surface area contributed by atoms with Crippen molar-refractivity contribution in [1.82, 2.24) is 4.90 Å². The Morgan fingerprint density at radius 3 is 3.00 bits per heavy atom. The van der Waals surface area contributed by atoms with Gasteiger partial charge in [0.05, 0.1) is 16.3 Å². The molecule has 1 amide bonds. The maximum absolute atomic E-state index is 12.5. The molecule has 1 aliphatic rings. The minimum Gasteiger partial charge on any atom is -0.338 e. The van der Waals surface area contributed by atoms with Crippen LogP contribution in [0.15, 0.2) is 12.1 Å². The highest BCUT2D eigenvalue weighted by Gasteiger charge is 2.26. The van der Waals surface area contributed by atoms with Crippen LogP contribution in [0.5, 0.6) is 0 Å². The fraction of sp³-hybridized carbons (Fsp3) is 0.562. The third-order valence-electron chi connectivity index (χ3n) is 3.91. The predicted octanol–water partition coefficient (Wildman–Crippen LogP) is 2.71. The van der Waals surface area contributed by atoms with Gasteiger partial charge in [-0.3, -0.25) is 4.79 Å². The predicted molar refractivity (Wildman–Crippen MR) is 83.8 cm³/mol. The van der Waals surface area contributed by atoms with Crippen LogP contribution in [-0.2, 0) is 0 Å². The zero-order valence-corrected chi connectivity index (χ0v) is 13.0. The number of hydrogen-bond donors (Lipinski definition) is 1. The van der Waals surface area contributed by atoms with E-state index in [4.69, 9.17) is 5.73 Å². The van der Waals surface area contributed by atoms with Crippen molar-refractivity contribution < 1.29 is 4.79 Å². The van der Waals surface area contributed by atoms with Crippen molar-refractivity contribution in [1.29, 1.82) is 0 Å². The molecule has 1 aromatic rings. The average Bonchev–Trinajstić information content (AvgIpc) is 2.92. The van der Waals surface area contributed by atoms with Crippen molar-refractivity contribution >= 4 is 17.2 Å². The summed E-state index contributed by atoms with van der Waals surface area (Å²) in [5.74, 6) is 6.64. The molecule has 1 fully saturated rings. The van der Waals surface area contributed by atoms with Gasteiger partial charge in [0.1, 0.15) is 0 Å². The Balaban J connectivity index is 2.04. The summed E-state index contributed by atoms with van der Waals surface area (Å²) in [6.45, 7) is 2.62. The molecular formula is C16H22N2OS. The maximum atomic E-state index is 12.5. The van der Waals surface area contributed by atoms with Crippen molar-refractivity contribution in [2.24, 2.45) is 11.7 Å². The molecule has 4 heteroatoms. The van der Waals surface area contributed by atoms with Crippen LogP contribution >= 0.6 is 11.3 Å². The van der Waals surface area contributed by atoms with Gasteiger partial charge in [0.2, 0.25) is 0 Å². The number of nitrogens with zero attached hydrogens (tertiary/aromatic N) is 1. The van der Waals surface area contributed by atoms with Gasteiger partial charge in [-0.2, -0.15) is 0 Å². The SMILES string of the molecule is CC1CCCC(N(C)C(=O)c2ccc(C#CCN)s2)C1. The zero-order valence-electron chi connectivity index (χ0n) is 12.2. The Kier molecular flexibility index (Phi) is 5.22. The first kappa shape index (κ1) is 15.1. The molecule has 1 aromatic heterocycles. The lowest BCUT2D eigenvalue weighted by atomic mass is 9.86. The summed E-state index contributed by atoms with van der Waals surface area (Å²) in [5.41, 5.74) is 5.36. The van der Waals surface area contributed by atoms with Crippen LogP contribution in [0, 0.1) is 17.8 Å². The molecular weight excluding hydrogens is 268 g/mol. The Morgan fingerprint density at radius 1 is 1.50 bits per heavy atom. The van der Waals surface area contributed by atoms with Gasteiger partial charge in [-0.25, -0.2) is 0 Å². The number of hydrogen-bond acceptors (Lipinski definition) is 3. The topological polar surface area (TPSA) is 46.3 Å². The molecule has 0 spiro atoms. The van der Waals surface area contributed by atoms with Crippen LogP contribution in [-0.4, -0.2) is 30.4 Å². The third kappa shape index (κ3) is 3.62. The molecule has 3 nitrogen and oxygen atoms in total. The summed E-state index contributed by atoms with van der Waals surface area (Å²) in [4.78, 5) is 16.1. The molecule has 0 aliphatic heterocycles. The summed E-state index contributed by atoms with van der Waals surface area (Å²) in [6.07, 6.45) is 4.75. The molecule has 20 heavy (non-hydrogen) atoms. The second-order valence-corrected chi connectivity index (χ2v) is 6.60. The van der Waals surface area contributed by atoms with Crippen LogP contribution in [0.4, 0.5) is 0 Å². The third-order valence-corrected chi connectivity index (χ3v) is 4.90. The molecule has 0 radical (unpaired) electrons. The summed E-state index contributed by atoms with van der Waals surface area (Å²) >= 11 is 1.45. The van der Waals surface area contributed by atoms with Crippen LogP contribution in [0.25, 0.3) is 0 Å². The summed E-state index contributed by atoms with van der Waals surface area (Å²) in [5, 5.41) is 0. The number of thiophene rings is 1. The largest absolute Gasteiger partial charge is 0.338 e. The van der Waals surface area contributed by atoms with Crippen molar-refractivity contribution in [2.75, 3.05) is 13.6 Å². The van der Waals surface area contributed by atoms with Gasteiger partial charge < -0.3 is 10.6 Å². The van der Waals surface area contributed by atoms with Crippen molar-refractivity contribution in [3.05, 3.63) is 21.9 Å². The Morgan fingerprint density at radius 2 is 2.30 bits per heavy atom. The molecule has 2 N–H and O–H groups in total. The quantitative estimate of drug-likeness (QED) is 0.851. The smallest absolute Gasteiger partial charge is 0.263 e. The van der Waals surface area contributed by atoms with Crippen LogP contribution in [0.1, 0.15) is 47.2 Å². The molecule has 108 valence electrons. The van der Waals surface area contributed by atoms with Gasteiger partial charge in [0, 0.05) is 13.1 Å². The standard InChI is InChI=1S/C16H22N2OS/c1-12-5-3-6-13(11-12)18(2)16(19)15-9-8-14(20-15)7-4-10-17/h8-9,12-13H,3,5-6,10-11,17H2,1-2H3. The Labute approximate surface area is 125 Å². The van der Waals surface area contributed by atoms with E-state index in [9.17, 15) is 4.79 Å². The first-order valence-electron chi connectivity index (χ1n) is 7.17. The normalized spacial score (nSPS) is 21.9. The second-order valence-electron chi connectivity index (χ2n) is 5.51. The molecule has 1 saturated carbocycles. The average molecular weight is 290 g/mol. The first-order valence-corrected chi connectivity index (χ1v) is 7.99. The van der Waals surface area contributed by atoms with Crippen molar-refractivity contribution in [2.45, 2.75) is 38.6 Å². The lowest BCUT2D eigenvalue weighted by molar-refractivity contribution is 0.0677. The molecule has 0 saturated heterocycles. The van der Waals surface area contributed by atoms with Crippen molar-refractivity contribution in [3.8, 4) is 11.8 Å². The van der Waals surface area contributed by atoms with Crippen LogP contribution in [0.3, 0.4) is 0 Å². The van der Waals surface area contributed by atoms with E-state index in [0.29, 0.717) is 12.6 Å². The number of carbonyl (C=O) groups excluding carboxylic acids is 1. The minimum absolute atomic E-state index is 0.120. The fourth-order valence-corrected chi connectivity index (χ4v) is 3.62. The van der Waals surface area contributed by atoms with Gasteiger partial charge in [-0.15, -0.1) is 11.3 Å². The van der Waals surface area contributed by atoms with Gasteiger partial charge >= 0.3 is 0 Å². The summed E-state index contributed by atoms with van der Waals surface area (Å²) in [6, 6.07) is 4.15. The highest BCUT2D eigenvalue weighted by atomic mass is 32.1. The van der Waals surface area contributed by atoms with Gasteiger partial charge in [0.25, 0.3) is 5.91 Å². The minimum atomic E-state index is 0.120. The molecule has 2 rings (SSSR count). The number of carbonyl (C=O) groups is 1. The van der Waals surface area contributed by atoms with E-state index in [2.05, 4.69) is 18.8 Å². The fourth-order valence-electron chi connectivity index (χ4n) is 2.75. The molecule has 2 unspecified atom stereocenters. The van der Waals surface area contributed by atoms with E-state index < -0.39 is 0 Å². The monoisotopic (exact) mass is 290 g/mol. The summed E-state index contributed by atoms with van der Waals surface area (Å²) < 4.78 is 0. The Hall–Kier alpha value is -1.31. The molecule has 1 aliphatic carbocycles. The number of rotatable bonds is 2. The van der Waals surface area contributed by atoms with E-state index in [-0.39, 0.29) is 5.91 Å². The highest BCUT2D eigenvalue weighted by Crippen LogP contribution is 2.28. The van der Waals surface area contributed by atoms with E-state index in [0.717, 1.165) is 28.5 Å². The number of amides is 1. The highest BCUT2D eigenvalue weighted by molar-refractivity contribution is 7.14. The molecule has 0 bridgehead atoms. The first-order chi connectivity index (χ1) is 9.61. The number of nitrogens with two attached hydrogens (primary N) is 1. The lowest BCUT2D eigenvalue weighted by Crippen LogP contribution is -2.39. The van der Waals surface area contributed by atoms with E-state index in [1.54, 1.807) is 0 Å². The van der Waals surface area contributed by atoms with E-state index >= 15 is 0 Å². The summed E-state index contributed by atoms with van der Waals surface area (Å²) in [7, 11) is 1.93. The van der Waals surface area contributed by atoms with Gasteiger partial charge in [0.15, 0.2) is 0 Å². The van der Waals surface area contributed by atoms with Gasteiger partial charge in [-0.1, -0.05) is 31.6 Å². The maximum Gasteiger partial charge on any atom is 0.263 e. The lowest BCUT2D eigenvalue weighted by Gasteiger charge is -2.33. The van der Waals surface area contributed by atoms with E-state index in [1.807, 2.05) is 24.1 Å². The van der Waals surface area contributed by atoms with Gasteiger partial charge in [-0.05, 0) is 30.9 Å². The van der Waals surface area contributed by atoms with Crippen LogP contribution in [0.2, 0.25) is 0 Å². The molecule has 2 atom stereocenters. The second kappa shape index (κ2) is 6.92. The van der Waals surface area contributed by atoms with Crippen molar-refractivity contribution in [3.63, 3.8) is 0 Å². The van der Waals surface area contributed by atoms with Crippen LogP contribution < -0.4 is 5.73 Å². The Bertz CT molecular complexity index is 526. The zero-order chi connectivity index (χ0) is 14.5. The molecule has 0 aromatic carbocycles. The van der Waals surface area contributed by atoms with E-state index in [1.165, 1.54) is 24.2 Å².